The lowest BCUT2D eigenvalue weighted by Crippen LogP contribution is -2.15. The molecule has 0 saturated carbocycles. The normalized spacial score (nSPS) is 12.0. The van der Waals surface area contributed by atoms with E-state index in [1.165, 1.54) is 16.2 Å². The van der Waals surface area contributed by atoms with Crippen LogP contribution in [0.15, 0.2) is 182 Å². The first kappa shape index (κ1) is 29.8. The Balaban J connectivity index is 1.14. The summed E-state index contributed by atoms with van der Waals surface area (Å²) < 4.78 is 8.75. The first-order chi connectivity index (χ1) is 25.7. The second kappa shape index (κ2) is 12.0. The Morgan fingerprint density at radius 2 is 1.21 bits per heavy atom. The van der Waals surface area contributed by atoms with Gasteiger partial charge < -0.3 is 9.64 Å². The summed E-state index contributed by atoms with van der Waals surface area (Å²) in [6, 6.07) is 62.7. The summed E-state index contributed by atoms with van der Waals surface area (Å²) in [6.45, 7) is 0. The summed E-state index contributed by atoms with van der Waals surface area (Å²) in [5.41, 5.74) is 14.1. The van der Waals surface area contributed by atoms with Crippen LogP contribution in [0.4, 0.5) is 22.7 Å². The Morgan fingerprint density at radius 1 is 0.519 bits per heavy atom. The van der Waals surface area contributed by atoms with E-state index in [0.29, 0.717) is 5.71 Å². The highest BCUT2D eigenvalue weighted by Gasteiger charge is 2.26. The van der Waals surface area contributed by atoms with Crippen molar-refractivity contribution in [3.63, 3.8) is 0 Å². The van der Waals surface area contributed by atoms with Gasteiger partial charge in [0.15, 0.2) is 11.5 Å². The number of para-hydroxylation sites is 4. The molecule has 52 heavy (non-hydrogen) atoms. The van der Waals surface area contributed by atoms with Gasteiger partial charge in [0.1, 0.15) is 0 Å². The summed E-state index contributed by atoms with van der Waals surface area (Å²) in [5, 5.41) is 13.9. The summed E-state index contributed by atoms with van der Waals surface area (Å²) in [4.78, 5) is 2.26. The number of hydrogen-bond donors (Lipinski definition) is 2. The van der Waals surface area contributed by atoms with Crippen molar-refractivity contribution in [1.29, 1.82) is 5.41 Å². The molecule has 246 valence electrons. The molecule has 5 heteroatoms. The lowest BCUT2D eigenvalue weighted by molar-refractivity contribution is 0.477. The molecule has 0 aliphatic carbocycles. The molecule has 1 aliphatic rings. The van der Waals surface area contributed by atoms with Gasteiger partial charge in [-0.15, -0.1) is 0 Å². The van der Waals surface area contributed by atoms with E-state index in [0.717, 1.165) is 72.9 Å². The van der Waals surface area contributed by atoms with Gasteiger partial charge in [-0.05, 0) is 76.5 Å². The van der Waals surface area contributed by atoms with Crippen LogP contribution in [0.5, 0.6) is 11.5 Å². The number of nitrogens with one attached hydrogen (secondary N) is 2. The predicted octanol–water partition coefficient (Wildman–Crippen LogP) is 12.5. The zero-order valence-corrected chi connectivity index (χ0v) is 28.1. The number of nitrogens with zero attached hydrogens (tertiary/aromatic N) is 2. The van der Waals surface area contributed by atoms with Crippen molar-refractivity contribution < 1.29 is 4.74 Å². The molecule has 0 amide bonds. The smallest absolute Gasteiger partial charge is 0.152 e. The quantitative estimate of drug-likeness (QED) is 0.173. The Hall–Kier alpha value is -7.11. The third-order valence-corrected chi connectivity index (χ3v) is 10.0. The summed E-state index contributed by atoms with van der Waals surface area (Å²) in [7, 11) is 0. The zero-order chi connectivity index (χ0) is 34.6. The van der Waals surface area contributed by atoms with Crippen molar-refractivity contribution in [2.45, 2.75) is 0 Å². The van der Waals surface area contributed by atoms with E-state index in [1.54, 1.807) is 0 Å². The van der Waals surface area contributed by atoms with Crippen molar-refractivity contribution in [2.75, 3.05) is 10.3 Å². The maximum Gasteiger partial charge on any atom is 0.152 e. The molecule has 0 saturated heterocycles. The van der Waals surface area contributed by atoms with E-state index < -0.39 is 0 Å². The standard InChI is InChI=1S/C47H32N4O/c48-47(32-14-3-1-4-15-32)37-19-9-10-20-39(37)49-51-42-28-24-31-13-7-8-18-36(31)46(42)38-26-23-33(29-43(38)51)34-25-27-41-45(30-34)52-44-22-12-11-21-40(44)50(41)35-16-5-2-6-17-35/h1-30,48-49H. The average molecular weight is 669 g/mol. The molecule has 0 bridgehead atoms. The van der Waals surface area contributed by atoms with E-state index in [1.807, 2.05) is 78.9 Å². The van der Waals surface area contributed by atoms with E-state index in [-0.39, 0.29) is 0 Å². The van der Waals surface area contributed by atoms with Crippen molar-refractivity contribution in [3.8, 4) is 22.6 Å². The minimum absolute atomic E-state index is 0.468. The highest BCUT2D eigenvalue weighted by Crippen LogP contribution is 2.51. The molecule has 2 heterocycles. The van der Waals surface area contributed by atoms with Crippen molar-refractivity contribution in [1.82, 2.24) is 4.68 Å². The highest BCUT2D eigenvalue weighted by molar-refractivity contribution is 6.21. The van der Waals surface area contributed by atoms with Gasteiger partial charge in [0, 0.05) is 27.6 Å². The number of hydrogen-bond acceptors (Lipinski definition) is 4. The highest BCUT2D eigenvalue weighted by atomic mass is 16.5. The molecule has 1 aliphatic heterocycles. The van der Waals surface area contributed by atoms with Gasteiger partial charge in [-0.2, -0.15) is 0 Å². The minimum atomic E-state index is 0.468. The largest absolute Gasteiger partial charge is 0.453 e. The molecule has 1 aromatic heterocycles. The minimum Gasteiger partial charge on any atom is -0.453 e. The van der Waals surface area contributed by atoms with Gasteiger partial charge in [0.2, 0.25) is 0 Å². The first-order valence-electron chi connectivity index (χ1n) is 17.4. The molecule has 8 aromatic carbocycles. The van der Waals surface area contributed by atoms with Crippen LogP contribution in [-0.2, 0) is 0 Å². The number of aromatic nitrogens is 1. The molecular formula is C47H32N4O. The number of rotatable bonds is 6. The van der Waals surface area contributed by atoms with Crippen molar-refractivity contribution in [3.05, 3.63) is 193 Å². The molecule has 2 N–H and O–H groups in total. The van der Waals surface area contributed by atoms with Gasteiger partial charge in [-0.3, -0.25) is 15.5 Å². The molecule has 0 radical (unpaired) electrons. The van der Waals surface area contributed by atoms with E-state index in [9.17, 15) is 0 Å². The van der Waals surface area contributed by atoms with Gasteiger partial charge in [0.25, 0.3) is 0 Å². The molecule has 10 rings (SSSR count). The SMILES string of the molecule is N=C(c1ccccc1)c1ccccc1Nn1c2cc(-c3ccc4c(c3)Oc3ccccc3N4c3ccccc3)ccc2c2c3ccccc3ccc21. The Labute approximate surface area is 301 Å². The predicted molar refractivity (Wildman–Crippen MR) is 215 cm³/mol. The first-order valence-corrected chi connectivity index (χ1v) is 17.4. The average Bonchev–Trinajstić information content (AvgIpc) is 3.53. The van der Waals surface area contributed by atoms with E-state index >= 15 is 0 Å². The van der Waals surface area contributed by atoms with Gasteiger partial charge in [0.05, 0.1) is 33.8 Å². The topological polar surface area (TPSA) is 53.3 Å². The Morgan fingerprint density at radius 3 is 2.10 bits per heavy atom. The van der Waals surface area contributed by atoms with Crippen LogP contribution in [0.1, 0.15) is 11.1 Å². The van der Waals surface area contributed by atoms with Crippen molar-refractivity contribution in [2.24, 2.45) is 0 Å². The van der Waals surface area contributed by atoms with E-state index in [2.05, 4.69) is 118 Å². The van der Waals surface area contributed by atoms with Crippen LogP contribution >= 0.6 is 0 Å². The fourth-order valence-corrected chi connectivity index (χ4v) is 7.56. The lowest BCUT2D eigenvalue weighted by atomic mass is 10.00. The maximum atomic E-state index is 9.15. The third kappa shape index (κ3) is 4.83. The van der Waals surface area contributed by atoms with Crippen LogP contribution in [0.2, 0.25) is 0 Å². The summed E-state index contributed by atoms with van der Waals surface area (Å²) >= 11 is 0. The molecular weight excluding hydrogens is 637 g/mol. The third-order valence-electron chi connectivity index (χ3n) is 10.0. The molecule has 5 nitrogen and oxygen atoms in total. The fourth-order valence-electron chi connectivity index (χ4n) is 7.56. The number of benzene rings is 8. The zero-order valence-electron chi connectivity index (χ0n) is 28.1. The summed E-state index contributed by atoms with van der Waals surface area (Å²) in [5.74, 6) is 1.63. The van der Waals surface area contributed by atoms with Gasteiger partial charge in [-0.1, -0.05) is 127 Å². The molecule has 0 unspecified atom stereocenters. The number of anilines is 4. The number of ether oxygens (including phenoxy) is 1. The monoisotopic (exact) mass is 668 g/mol. The molecule has 0 atom stereocenters. The second-order valence-electron chi connectivity index (χ2n) is 13.1. The molecule has 0 fully saturated rings. The van der Waals surface area contributed by atoms with Gasteiger partial charge in [-0.25, -0.2) is 0 Å². The molecule has 9 aromatic rings. The van der Waals surface area contributed by atoms with Crippen LogP contribution < -0.4 is 15.1 Å². The Bertz CT molecular complexity index is 2820. The fraction of sp³-hybridized carbons (Fsp3) is 0. The number of fused-ring (bicyclic) bond motifs is 7. The lowest BCUT2D eigenvalue weighted by Gasteiger charge is -2.33. The van der Waals surface area contributed by atoms with Crippen molar-refractivity contribution >= 4 is 61.0 Å². The van der Waals surface area contributed by atoms with Crippen LogP contribution in [-0.4, -0.2) is 10.4 Å². The van der Waals surface area contributed by atoms with Gasteiger partial charge >= 0.3 is 0 Å². The molecule has 0 spiro atoms. The van der Waals surface area contributed by atoms with E-state index in [4.69, 9.17) is 10.1 Å². The Kier molecular flexibility index (Phi) is 6.89. The second-order valence-corrected chi connectivity index (χ2v) is 13.1. The van der Waals surface area contributed by atoms with Crippen LogP contribution in [0.25, 0.3) is 43.7 Å². The maximum absolute atomic E-state index is 9.15. The van der Waals surface area contributed by atoms with Crippen LogP contribution in [0.3, 0.4) is 0 Å². The van der Waals surface area contributed by atoms with Crippen LogP contribution in [0, 0.1) is 5.41 Å². The summed E-state index contributed by atoms with van der Waals surface area (Å²) in [6.07, 6.45) is 0.